The predicted molar refractivity (Wildman–Crippen MR) is 64.0 cm³/mol. The highest BCUT2D eigenvalue weighted by molar-refractivity contribution is 5.56. The standard InChI is InChI=1S/C12H15N3O3/c1-8(2)17-9-5-4-6-13-11(9)12-14-10(7-16-3)15-18-12/h4-6,8H,7H2,1-3H3. The molecule has 0 radical (unpaired) electrons. The van der Waals surface area contributed by atoms with E-state index in [4.69, 9.17) is 14.0 Å². The molecule has 2 aromatic rings. The van der Waals surface area contributed by atoms with Crippen molar-refractivity contribution >= 4 is 0 Å². The van der Waals surface area contributed by atoms with Gasteiger partial charge in [0.15, 0.2) is 17.3 Å². The number of hydrogen-bond acceptors (Lipinski definition) is 6. The lowest BCUT2D eigenvalue weighted by molar-refractivity contribution is 0.174. The van der Waals surface area contributed by atoms with Crippen LogP contribution in [0.1, 0.15) is 19.7 Å². The summed E-state index contributed by atoms with van der Waals surface area (Å²) in [6.07, 6.45) is 1.71. The molecule has 0 bridgehead atoms. The fourth-order valence-electron chi connectivity index (χ4n) is 1.44. The van der Waals surface area contributed by atoms with E-state index in [0.717, 1.165) is 0 Å². The molecule has 0 aliphatic rings. The average Bonchev–Trinajstić information content (AvgIpc) is 2.78. The van der Waals surface area contributed by atoms with Crippen LogP contribution in [-0.2, 0) is 11.3 Å². The van der Waals surface area contributed by atoms with Crippen molar-refractivity contribution in [2.75, 3.05) is 7.11 Å². The molecule has 18 heavy (non-hydrogen) atoms. The molecule has 0 N–H and O–H groups in total. The van der Waals surface area contributed by atoms with Gasteiger partial charge in [0.2, 0.25) is 0 Å². The summed E-state index contributed by atoms with van der Waals surface area (Å²) >= 11 is 0. The molecule has 96 valence electrons. The van der Waals surface area contributed by atoms with Crippen molar-refractivity contribution in [1.82, 2.24) is 15.1 Å². The Morgan fingerprint density at radius 1 is 1.39 bits per heavy atom. The Bertz CT molecular complexity index is 511. The minimum atomic E-state index is 0.0503. The number of aromatic nitrogens is 3. The number of rotatable bonds is 5. The Morgan fingerprint density at radius 3 is 2.94 bits per heavy atom. The molecule has 6 nitrogen and oxygen atoms in total. The summed E-state index contributed by atoms with van der Waals surface area (Å²) in [4.78, 5) is 8.41. The van der Waals surface area contributed by atoms with Gasteiger partial charge < -0.3 is 14.0 Å². The number of methoxy groups -OCH3 is 1. The molecule has 0 fully saturated rings. The van der Waals surface area contributed by atoms with Gasteiger partial charge in [0, 0.05) is 13.3 Å². The Hall–Kier alpha value is -1.95. The topological polar surface area (TPSA) is 70.3 Å². The molecule has 0 aromatic carbocycles. The molecule has 0 aliphatic carbocycles. The summed E-state index contributed by atoms with van der Waals surface area (Å²) in [5.41, 5.74) is 0.543. The van der Waals surface area contributed by atoms with Crippen LogP contribution in [0.2, 0.25) is 0 Å². The second-order valence-corrected chi connectivity index (χ2v) is 3.97. The Balaban J connectivity index is 2.30. The van der Waals surface area contributed by atoms with Crippen molar-refractivity contribution in [3.8, 4) is 17.3 Å². The van der Waals surface area contributed by atoms with E-state index < -0.39 is 0 Å². The van der Waals surface area contributed by atoms with Crippen LogP contribution in [0.4, 0.5) is 0 Å². The molecule has 0 saturated heterocycles. The third-order valence-corrected chi connectivity index (χ3v) is 2.08. The van der Waals surface area contributed by atoms with E-state index in [1.807, 2.05) is 19.9 Å². The molecule has 0 atom stereocenters. The van der Waals surface area contributed by atoms with Gasteiger partial charge in [-0.2, -0.15) is 4.98 Å². The van der Waals surface area contributed by atoms with E-state index >= 15 is 0 Å². The molecule has 0 saturated carbocycles. The number of ether oxygens (including phenoxy) is 2. The lowest BCUT2D eigenvalue weighted by Crippen LogP contribution is -2.07. The van der Waals surface area contributed by atoms with E-state index in [0.29, 0.717) is 29.8 Å². The predicted octanol–water partition coefficient (Wildman–Crippen LogP) is 2.07. The van der Waals surface area contributed by atoms with Crippen LogP contribution in [-0.4, -0.2) is 28.3 Å². The molecule has 2 aromatic heterocycles. The first kappa shape index (κ1) is 12.5. The van der Waals surface area contributed by atoms with E-state index in [2.05, 4.69) is 15.1 Å². The van der Waals surface area contributed by atoms with Crippen LogP contribution in [0.3, 0.4) is 0 Å². The van der Waals surface area contributed by atoms with Crippen LogP contribution in [0.25, 0.3) is 11.6 Å². The lowest BCUT2D eigenvalue weighted by Gasteiger charge is -2.10. The quantitative estimate of drug-likeness (QED) is 0.807. The minimum Gasteiger partial charge on any atom is -0.489 e. The van der Waals surface area contributed by atoms with Crippen molar-refractivity contribution in [2.24, 2.45) is 0 Å². The number of pyridine rings is 1. The summed E-state index contributed by atoms with van der Waals surface area (Å²) < 4.78 is 15.7. The van der Waals surface area contributed by atoms with Crippen molar-refractivity contribution < 1.29 is 14.0 Å². The molecule has 2 heterocycles. The monoisotopic (exact) mass is 249 g/mol. The van der Waals surface area contributed by atoms with Crippen LogP contribution in [0.15, 0.2) is 22.9 Å². The van der Waals surface area contributed by atoms with Crippen LogP contribution in [0.5, 0.6) is 5.75 Å². The fourth-order valence-corrected chi connectivity index (χ4v) is 1.44. The minimum absolute atomic E-state index is 0.0503. The van der Waals surface area contributed by atoms with Crippen LogP contribution in [0, 0.1) is 0 Å². The first-order chi connectivity index (χ1) is 8.70. The van der Waals surface area contributed by atoms with Gasteiger partial charge in [-0.1, -0.05) is 5.16 Å². The summed E-state index contributed by atoms with van der Waals surface area (Å²) in [6, 6.07) is 3.62. The van der Waals surface area contributed by atoms with Gasteiger partial charge in [0.1, 0.15) is 6.61 Å². The molecular weight excluding hydrogens is 234 g/mol. The molecule has 0 aliphatic heterocycles. The Morgan fingerprint density at radius 2 is 2.22 bits per heavy atom. The maximum atomic E-state index is 5.65. The SMILES string of the molecule is COCc1noc(-c2ncccc2OC(C)C)n1. The van der Waals surface area contributed by atoms with E-state index in [1.165, 1.54) is 0 Å². The first-order valence-corrected chi connectivity index (χ1v) is 5.64. The van der Waals surface area contributed by atoms with E-state index in [-0.39, 0.29) is 6.10 Å². The van der Waals surface area contributed by atoms with Gasteiger partial charge >= 0.3 is 0 Å². The Labute approximate surface area is 105 Å². The average molecular weight is 249 g/mol. The molecule has 0 amide bonds. The fraction of sp³-hybridized carbons (Fsp3) is 0.417. The van der Waals surface area contributed by atoms with Crippen molar-refractivity contribution in [3.05, 3.63) is 24.2 Å². The highest BCUT2D eigenvalue weighted by atomic mass is 16.5. The zero-order valence-corrected chi connectivity index (χ0v) is 10.6. The van der Waals surface area contributed by atoms with Gasteiger partial charge in [-0.15, -0.1) is 0 Å². The maximum Gasteiger partial charge on any atom is 0.280 e. The van der Waals surface area contributed by atoms with Gasteiger partial charge in [0.05, 0.1) is 6.10 Å². The highest BCUT2D eigenvalue weighted by Gasteiger charge is 2.15. The van der Waals surface area contributed by atoms with Crippen molar-refractivity contribution in [1.29, 1.82) is 0 Å². The lowest BCUT2D eigenvalue weighted by atomic mass is 10.3. The zero-order chi connectivity index (χ0) is 13.0. The maximum absolute atomic E-state index is 5.65. The molecule has 2 rings (SSSR count). The third-order valence-electron chi connectivity index (χ3n) is 2.08. The van der Waals surface area contributed by atoms with E-state index in [9.17, 15) is 0 Å². The number of hydrogen-bond donors (Lipinski definition) is 0. The molecular formula is C12H15N3O3. The Kier molecular flexibility index (Phi) is 3.88. The molecule has 6 heteroatoms. The summed E-state index contributed by atoms with van der Waals surface area (Å²) in [7, 11) is 1.57. The highest BCUT2D eigenvalue weighted by Crippen LogP contribution is 2.26. The summed E-state index contributed by atoms with van der Waals surface area (Å²) in [5.74, 6) is 1.44. The zero-order valence-electron chi connectivity index (χ0n) is 10.6. The second-order valence-electron chi connectivity index (χ2n) is 3.97. The van der Waals surface area contributed by atoms with E-state index in [1.54, 1.807) is 19.4 Å². The largest absolute Gasteiger partial charge is 0.489 e. The van der Waals surface area contributed by atoms with Crippen molar-refractivity contribution in [3.63, 3.8) is 0 Å². The third kappa shape index (κ3) is 2.84. The van der Waals surface area contributed by atoms with Gasteiger partial charge in [-0.05, 0) is 26.0 Å². The molecule has 0 spiro atoms. The van der Waals surface area contributed by atoms with Crippen LogP contribution >= 0.6 is 0 Å². The van der Waals surface area contributed by atoms with Gasteiger partial charge in [-0.3, -0.25) is 0 Å². The normalized spacial score (nSPS) is 10.9. The molecule has 0 unspecified atom stereocenters. The number of nitrogens with zero attached hydrogens (tertiary/aromatic N) is 3. The second kappa shape index (κ2) is 5.59. The van der Waals surface area contributed by atoms with Crippen molar-refractivity contribution in [2.45, 2.75) is 26.6 Å². The van der Waals surface area contributed by atoms with Crippen LogP contribution < -0.4 is 4.74 Å². The summed E-state index contributed by atoms with van der Waals surface area (Å²) in [6.45, 7) is 4.19. The smallest absolute Gasteiger partial charge is 0.280 e. The summed E-state index contributed by atoms with van der Waals surface area (Å²) in [5, 5.41) is 3.80. The first-order valence-electron chi connectivity index (χ1n) is 5.64. The van der Waals surface area contributed by atoms with Gasteiger partial charge in [0.25, 0.3) is 5.89 Å². The van der Waals surface area contributed by atoms with Gasteiger partial charge in [-0.25, -0.2) is 4.98 Å².